The van der Waals surface area contributed by atoms with E-state index in [2.05, 4.69) is 35.6 Å². The van der Waals surface area contributed by atoms with Gasteiger partial charge in [-0.25, -0.2) is 4.79 Å². The van der Waals surface area contributed by atoms with Crippen LogP contribution < -0.4 is 5.32 Å². The lowest BCUT2D eigenvalue weighted by molar-refractivity contribution is -0.151. The SMILES string of the molecule is COC(=O)C[C@H](NC(=O)[C@@H]1C[C@@H](C)CC[C@@H]1C(C)C)C(=O)OC. The maximum Gasteiger partial charge on any atom is 0.328 e. The van der Waals surface area contributed by atoms with Gasteiger partial charge in [0.2, 0.25) is 5.91 Å². The minimum absolute atomic E-state index is 0.136. The molecule has 0 aromatic heterocycles. The van der Waals surface area contributed by atoms with Crippen molar-refractivity contribution in [3.05, 3.63) is 0 Å². The highest BCUT2D eigenvalue weighted by Gasteiger charge is 2.37. The van der Waals surface area contributed by atoms with Crippen molar-refractivity contribution in [2.45, 2.75) is 52.5 Å². The zero-order chi connectivity index (χ0) is 17.6. The Morgan fingerprint density at radius 2 is 1.78 bits per heavy atom. The van der Waals surface area contributed by atoms with Crippen LogP contribution in [0.5, 0.6) is 0 Å². The summed E-state index contributed by atoms with van der Waals surface area (Å²) in [6, 6.07) is -0.995. The molecule has 0 aromatic rings. The van der Waals surface area contributed by atoms with E-state index < -0.39 is 18.0 Å². The van der Waals surface area contributed by atoms with Crippen LogP contribution in [-0.2, 0) is 23.9 Å². The van der Waals surface area contributed by atoms with Crippen molar-refractivity contribution in [2.24, 2.45) is 23.7 Å². The quantitative estimate of drug-likeness (QED) is 0.754. The molecule has 1 rings (SSSR count). The van der Waals surface area contributed by atoms with Gasteiger partial charge < -0.3 is 14.8 Å². The van der Waals surface area contributed by atoms with Crippen LogP contribution in [0.15, 0.2) is 0 Å². The lowest BCUT2D eigenvalue weighted by Crippen LogP contribution is -2.48. The minimum atomic E-state index is -0.995. The molecular weight excluding hydrogens is 298 g/mol. The molecule has 1 fully saturated rings. The van der Waals surface area contributed by atoms with Crippen molar-refractivity contribution in [1.29, 1.82) is 0 Å². The third kappa shape index (κ3) is 5.52. The van der Waals surface area contributed by atoms with Crippen LogP contribution >= 0.6 is 0 Å². The van der Waals surface area contributed by atoms with E-state index >= 15 is 0 Å². The summed E-state index contributed by atoms with van der Waals surface area (Å²) in [6.07, 6.45) is 2.72. The molecule has 132 valence electrons. The summed E-state index contributed by atoms with van der Waals surface area (Å²) in [6.45, 7) is 6.38. The molecule has 6 heteroatoms. The number of rotatable bonds is 6. The molecule has 0 radical (unpaired) electrons. The number of methoxy groups -OCH3 is 2. The smallest absolute Gasteiger partial charge is 0.328 e. The summed E-state index contributed by atoms with van der Waals surface area (Å²) in [4.78, 5) is 35.9. The molecule has 1 aliphatic rings. The first-order chi connectivity index (χ1) is 10.8. The van der Waals surface area contributed by atoms with E-state index in [1.807, 2.05) is 0 Å². The van der Waals surface area contributed by atoms with Gasteiger partial charge in [0.05, 0.1) is 20.6 Å². The molecule has 1 N–H and O–H groups in total. The maximum absolute atomic E-state index is 12.7. The van der Waals surface area contributed by atoms with Crippen LogP contribution in [0.3, 0.4) is 0 Å². The lowest BCUT2D eigenvalue weighted by Gasteiger charge is -2.36. The van der Waals surface area contributed by atoms with E-state index in [1.54, 1.807) is 0 Å². The molecule has 0 unspecified atom stereocenters. The van der Waals surface area contributed by atoms with E-state index in [9.17, 15) is 14.4 Å². The molecule has 1 amide bonds. The Balaban J connectivity index is 2.82. The molecule has 0 aromatic carbocycles. The second-order valence-corrected chi connectivity index (χ2v) is 6.80. The van der Waals surface area contributed by atoms with Gasteiger partial charge in [-0.3, -0.25) is 9.59 Å². The highest BCUT2D eigenvalue weighted by atomic mass is 16.5. The first-order valence-electron chi connectivity index (χ1n) is 8.25. The first-order valence-corrected chi connectivity index (χ1v) is 8.25. The molecule has 0 spiro atoms. The van der Waals surface area contributed by atoms with Crippen molar-refractivity contribution >= 4 is 17.8 Å². The van der Waals surface area contributed by atoms with Crippen LogP contribution in [0.4, 0.5) is 0 Å². The fraction of sp³-hybridized carbons (Fsp3) is 0.824. The summed E-state index contributed by atoms with van der Waals surface area (Å²) < 4.78 is 9.26. The predicted octanol–water partition coefficient (Wildman–Crippen LogP) is 1.92. The number of hydrogen-bond acceptors (Lipinski definition) is 5. The van der Waals surface area contributed by atoms with Gasteiger partial charge in [0, 0.05) is 5.92 Å². The molecule has 0 saturated heterocycles. The second-order valence-electron chi connectivity index (χ2n) is 6.80. The molecule has 1 saturated carbocycles. The molecule has 0 heterocycles. The summed E-state index contributed by atoms with van der Waals surface area (Å²) >= 11 is 0. The molecule has 6 nitrogen and oxygen atoms in total. The summed E-state index contributed by atoms with van der Waals surface area (Å²) in [5, 5.41) is 2.69. The summed E-state index contributed by atoms with van der Waals surface area (Å²) in [5.41, 5.74) is 0. The zero-order valence-corrected chi connectivity index (χ0v) is 14.8. The van der Waals surface area contributed by atoms with Gasteiger partial charge in [0.25, 0.3) is 0 Å². The van der Waals surface area contributed by atoms with E-state index in [4.69, 9.17) is 0 Å². The van der Waals surface area contributed by atoms with Crippen molar-refractivity contribution in [2.75, 3.05) is 14.2 Å². The third-order valence-corrected chi connectivity index (χ3v) is 4.76. The number of carbonyl (C=O) groups is 3. The Labute approximate surface area is 138 Å². The van der Waals surface area contributed by atoms with Crippen LogP contribution in [0.25, 0.3) is 0 Å². The number of amides is 1. The Morgan fingerprint density at radius 3 is 2.30 bits per heavy atom. The number of hydrogen-bond donors (Lipinski definition) is 1. The third-order valence-electron chi connectivity index (χ3n) is 4.76. The van der Waals surface area contributed by atoms with Crippen molar-refractivity contribution in [3.63, 3.8) is 0 Å². The number of ether oxygens (including phenoxy) is 2. The van der Waals surface area contributed by atoms with Crippen LogP contribution in [0.2, 0.25) is 0 Å². The van der Waals surface area contributed by atoms with Crippen LogP contribution in [0, 0.1) is 23.7 Å². The van der Waals surface area contributed by atoms with Gasteiger partial charge in [-0.2, -0.15) is 0 Å². The van der Waals surface area contributed by atoms with Gasteiger partial charge in [0.15, 0.2) is 0 Å². The molecule has 0 aliphatic heterocycles. The Kier molecular flexibility index (Phi) is 7.52. The standard InChI is InChI=1S/C17H29NO5/c1-10(2)12-7-6-11(3)8-13(12)16(20)18-14(17(21)23-5)9-15(19)22-4/h10-14H,6-9H2,1-5H3,(H,18,20)/t11-,12+,13+,14-/m0/s1. The Morgan fingerprint density at radius 1 is 1.13 bits per heavy atom. The molecule has 23 heavy (non-hydrogen) atoms. The maximum atomic E-state index is 12.7. The van der Waals surface area contributed by atoms with Crippen molar-refractivity contribution in [1.82, 2.24) is 5.32 Å². The van der Waals surface area contributed by atoms with Crippen LogP contribution in [0.1, 0.15) is 46.5 Å². The summed E-state index contributed by atoms with van der Waals surface area (Å²) in [7, 11) is 2.48. The van der Waals surface area contributed by atoms with Crippen LogP contribution in [-0.4, -0.2) is 38.1 Å². The fourth-order valence-electron chi connectivity index (χ4n) is 3.37. The number of esters is 2. The largest absolute Gasteiger partial charge is 0.469 e. The fourth-order valence-corrected chi connectivity index (χ4v) is 3.37. The molecule has 0 bridgehead atoms. The van der Waals surface area contributed by atoms with Gasteiger partial charge in [-0.15, -0.1) is 0 Å². The van der Waals surface area contributed by atoms with Gasteiger partial charge in [-0.05, 0) is 30.6 Å². The first kappa shape index (κ1) is 19.5. The van der Waals surface area contributed by atoms with Crippen molar-refractivity contribution in [3.8, 4) is 0 Å². The highest BCUT2D eigenvalue weighted by Crippen LogP contribution is 2.38. The van der Waals surface area contributed by atoms with Gasteiger partial charge >= 0.3 is 11.9 Å². The van der Waals surface area contributed by atoms with Crippen molar-refractivity contribution < 1.29 is 23.9 Å². The zero-order valence-electron chi connectivity index (χ0n) is 14.8. The predicted molar refractivity (Wildman–Crippen MR) is 85.4 cm³/mol. The average molecular weight is 327 g/mol. The minimum Gasteiger partial charge on any atom is -0.469 e. The molecule has 4 atom stereocenters. The van der Waals surface area contributed by atoms with Gasteiger partial charge in [-0.1, -0.05) is 27.2 Å². The molecular formula is C17H29NO5. The van der Waals surface area contributed by atoms with E-state index in [0.29, 0.717) is 17.8 Å². The molecule has 1 aliphatic carbocycles. The van der Waals surface area contributed by atoms with Gasteiger partial charge in [0.1, 0.15) is 6.04 Å². The van der Waals surface area contributed by atoms with E-state index in [-0.39, 0.29) is 18.2 Å². The Hall–Kier alpha value is -1.59. The Bertz CT molecular complexity index is 435. The highest BCUT2D eigenvalue weighted by molar-refractivity contribution is 5.89. The van der Waals surface area contributed by atoms with E-state index in [0.717, 1.165) is 19.3 Å². The number of nitrogens with one attached hydrogen (secondary N) is 1. The number of carbonyl (C=O) groups excluding carboxylic acids is 3. The topological polar surface area (TPSA) is 81.7 Å². The summed E-state index contributed by atoms with van der Waals surface area (Å²) in [5.74, 6) is -0.319. The van der Waals surface area contributed by atoms with E-state index in [1.165, 1.54) is 14.2 Å². The lowest BCUT2D eigenvalue weighted by atomic mass is 9.69. The normalized spacial score (nSPS) is 25.6. The second kappa shape index (κ2) is 8.89. The monoisotopic (exact) mass is 327 g/mol. The average Bonchev–Trinajstić information content (AvgIpc) is 2.52.